The number of hydrogen-bond acceptors (Lipinski definition) is 5. The topological polar surface area (TPSA) is 92.3 Å². The lowest BCUT2D eigenvalue weighted by Crippen LogP contribution is -2.41. The molecule has 0 unspecified atom stereocenters. The third-order valence-corrected chi connectivity index (χ3v) is 5.77. The van der Waals surface area contributed by atoms with Crippen LogP contribution in [0.15, 0.2) is 59.4 Å². The Balaban J connectivity index is 1.48. The maximum absolute atomic E-state index is 13.5. The molecule has 1 aliphatic rings. The van der Waals surface area contributed by atoms with Gasteiger partial charge >= 0.3 is 12.1 Å². The average molecular weight is 452 g/mol. The Bertz CT molecular complexity index is 1480. The highest BCUT2D eigenvalue weighted by Gasteiger charge is 2.39. The van der Waals surface area contributed by atoms with Crippen molar-refractivity contribution in [3.05, 3.63) is 83.5 Å². The summed E-state index contributed by atoms with van der Waals surface area (Å²) in [4.78, 5) is 26.6. The number of aromatic amines is 1. The molecule has 0 spiro atoms. The van der Waals surface area contributed by atoms with Gasteiger partial charge in [0.1, 0.15) is 11.6 Å². The summed E-state index contributed by atoms with van der Waals surface area (Å²) < 4.78 is 47.5. The number of nitrogens with one attached hydrogen (secondary N) is 1. The fraction of sp³-hybridized carbons (Fsp3) is 0.182. The molecule has 6 rings (SSSR count). The molecule has 5 heterocycles. The first-order valence-electron chi connectivity index (χ1n) is 10.1. The van der Waals surface area contributed by atoms with Crippen molar-refractivity contribution in [1.29, 1.82) is 0 Å². The molecule has 33 heavy (non-hydrogen) atoms. The highest BCUT2D eigenvalue weighted by molar-refractivity contribution is 5.93. The van der Waals surface area contributed by atoms with E-state index in [2.05, 4.69) is 20.1 Å². The SMILES string of the molecule is O=C(c1nc2ccccc2o1)N1CCc2[nH]cnc2[C@H]1c1cc2c(C(F)(F)F)cccn2n1. The van der Waals surface area contributed by atoms with E-state index in [0.29, 0.717) is 23.2 Å². The zero-order valence-electron chi connectivity index (χ0n) is 16.9. The summed E-state index contributed by atoms with van der Waals surface area (Å²) in [5, 5.41) is 4.38. The number of aromatic nitrogens is 5. The first kappa shape index (κ1) is 19.5. The number of oxazole rings is 1. The van der Waals surface area contributed by atoms with E-state index in [-0.39, 0.29) is 23.6 Å². The van der Waals surface area contributed by atoms with E-state index in [1.54, 1.807) is 24.3 Å². The van der Waals surface area contributed by atoms with Gasteiger partial charge < -0.3 is 14.3 Å². The van der Waals surface area contributed by atoms with Gasteiger partial charge in [-0.3, -0.25) is 4.79 Å². The molecule has 8 nitrogen and oxygen atoms in total. The molecule has 4 aromatic heterocycles. The van der Waals surface area contributed by atoms with Gasteiger partial charge in [-0.25, -0.2) is 14.5 Å². The summed E-state index contributed by atoms with van der Waals surface area (Å²) >= 11 is 0. The van der Waals surface area contributed by atoms with Gasteiger partial charge in [-0.15, -0.1) is 0 Å². The van der Waals surface area contributed by atoms with Crippen LogP contribution in [-0.2, 0) is 12.6 Å². The summed E-state index contributed by atoms with van der Waals surface area (Å²) in [5.41, 5.74) is 1.70. The van der Waals surface area contributed by atoms with Gasteiger partial charge in [-0.1, -0.05) is 12.1 Å². The van der Waals surface area contributed by atoms with Crippen LogP contribution >= 0.6 is 0 Å². The Labute approximate surface area is 183 Å². The first-order chi connectivity index (χ1) is 15.9. The molecule has 166 valence electrons. The number of alkyl halides is 3. The minimum absolute atomic E-state index is 0.0973. The second-order valence-electron chi connectivity index (χ2n) is 7.72. The van der Waals surface area contributed by atoms with E-state index >= 15 is 0 Å². The van der Waals surface area contributed by atoms with Crippen LogP contribution in [-0.4, -0.2) is 41.9 Å². The van der Waals surface area contributed by atoms with Crippen LogP contribution in [0.4, 0.5) is 13.2 Å². The number of fused-ring (bicyclic) bond motifs is 3. The maximum Gasteiger partial charge on any atom is 0.418 e. The molecule has 1 N–H and O–H groups in total. The zero-order valence-corrected chi connectivity index (χ0v) is 16.9. The molecule has 1 amide bonds. The van der Waals surface area contributed by atoms with Crippen molar-refractivity contribution in [2.75, 3.05) is 6.54 Å². The molecule has 0 bridgehead atoms. The third kappa shape index (κ3) is 3.07. The maximum atomic E-state index is 13.5. The Kier molecular flexibility index (Phi) is 4.10. The average Bonchev–Trinajstić information content (AvgIpc) is 3.53. The second-order valence-corrected chi connectivity index (χ2v) is 7.72. The van der Waals surface area contributed by atoms with Crippen LogP contribution < -0.4 is 0 Å². The van der Waals surface area contributed by atoms with Crippen molar-refractivity contribution in [2.24, 2.45) is 0 Å². The quantitative estimate of drug-likeness (QED) is 0.437. The lowest BCUT2D eigenvalue weighted by Gasteiger charge is -2.32. The predicted octanol–water partition coefficient (Wildman–Crippen LogP) is 4.01. The van der Waals surface area contributed by atoms with Gasteiger partial charge in [0.2, 0.25) is 0 Å². The van der Waals surface area contributed by atoms with Crippen LogP contribution in [0.5, 0.6) is 0 Å². The number of carbonyl (C=O) groups excluding carboxylic acids is 1. The standard InChI is InChI=1S/C22H15F3N6O2/c23-22(24,25)12-4-3-8-31-16(12)10-15(29-31)19-18-14(26-11-27-18)7-9-30(19)21(32)20-28-13-5-1-2-6-17(13)33-20/h1-6,8,10-11,19H,7,9H2,(H,26,27)/t19-/m1/s1. The van der Waals surface area contributed by atoms with Gasteiger partial charge in [0, 0.05) is 24.9 Å². The minimum Gasteiger partial charge on any atom is -0.432 e. The summed E-state index contributed by atoms with van der Waals surface area (Å²) in [6, 6.07) is 9.84. The number of imidazole rings is 1. The normalized spacial score (nSPS) is 16.5. The minimum atomic E-state index is -4.54. The van der Waals surface area contributed by atoms with E-state index in [1.807, 2.05) is 0 Å². The molecule has 0 saturated heterocycles. The van der Waals surface area contributed by atoms with Crippen LogP contribution in [0.1, 0.15) is 39.4 Å². The number of carbonyl (C=O) groups is 1. The third-order valence-electron chi connectivity index (χ3n) is 5.77. The molecule has 5 aromatic rings. The fourth-order valence-electron chi connectivity index (χ4n) is 4.29. The molecule has 0 fully saturated rings. The number of para-hydroxylation sites is 2. The molecule has 1 aromatic carbocycles. The lowest BCUT2D eigenvalue weighted by atomic mass is 9.99. The van der Waals surface area contributed by atoms with Gasteiger partial charge in [-0.05, 0) is 30.3 Å². The Hall–Kier alpha value is -4.15. The van der Waals surface area contributed by atoms with Gasteiger partial charge in [0.25, 0.3) is 5.89 Å². The van der Waals surface area contributed by atoms with Crippen LogP contribution in [0, 0.1) is 0 Å². The number of amides is 1. The largest absolute Gasteiger partial charge is 0.432 e. The van der Waals surface area contributed by atoms with Crippen molar-refractivity contribution in [3.8, 4) is 0 Å². The summed E-state index contributed by atoms with van der Waals surface area (Å²) in [6.45, 7) is 0.289. The zero-order chi connectivity index (χ0) is 22.7. The van der Waals surface area contributed by atoms with E-state index in [1.165, 1.54) is 34.1 Å². The van der Waals surface area contributed by atoms with Crippen molar-refractivity contribution >= 4 is 22.5 Å². The number of nitrogens with zero attached hydrogens (tertiary/aromatic N) is 5. The van der Waals surface area contributed by atoms with Gasteiger partial charge in [0.05, 0.1) is 28.8 Å². The molecule has 0 radical (unpaired) electrons. The molecule has 0 aliphatic carbocycles. The Morgan fingerprint density at radius 1 is 1.18 bits per heavy atom. The van der Waals surface area contributed by atoms with Crippen molar-refractivity contribution in [3.63, 3.8) is 0 Å². The van der Waals surface area contributed by atoms with E-state index in [4.69, 9.17) is 4.42 Å². The number of rotatable bonds is 2. The Morgan fingerprint density at radius 2 is 2.03 bits per heavy atom. The molecule has 1 aliphatic heterocycles. The molecule has 1 atom stereocenters. The van der Waals surface area contributed by atoms with Crippen molar-refractivity contribution in [2.45, 2.75) is 18.6 Å². The van der Waals surface area contributed by atoms with Crippen molar-refractivity contribution < 1.29 is 22.4 Å². The molecular formula is C22H15F3N6O2. The first-order valence-corrected chi connectivity index (χ1v) is 10.1. The number of halogens is 3. The number of H-pyrrole nitrogens is 1. The molecular weight excluding hydrogens is 437 g/mol. The fourth-order valence-corrected chi connectivity index (χ4v) is 4.29. The lowest BCUT2D eigenvalue weighted by molar-refractivity contribution is -0.136. The van der Waals surface area contributed by atoms with Gasteiger partial charge in [-0.2, -0.15) is 18.3 Å². The van der Waals surface area contributed by atoms with E-state index in [9.17, 15) is 18.0 Å². The summed E-state index contributed by atoms with van der Waals surface area (Å²) in [5.74, 6) is -0.585. The van der Waals surface area contributed by atoms with Crippen LogP contribution in [0.2, 0.25) is 0 Å². The highest BCUT2D eigenvalue weighted by atomic mass is 19.4. The number of benzene rings is 1. The van der Waals surface area contributed by atoms with Gasteiger partial charge in [0.15, 0.2) is 5.58 Å². The Morgan fingerprint density at radius 3 is 2.85 bits per heavy atom. The molecule has 0 saturated carbocycles. The van der Waals surface area contributed by atoms with Crippen molar-refractivity contribution in [1.82, 2.24) is 29.5 Å². The predicted molar refractivity (Wildman–Crippen MR) is 109 cm³/mol. The van der Waals surface area contributed by atoms with E-state index in [0.717, 1.165) is 11.8 Å². The second kappa shape index (κ2) is 6.92. The summed E-state index contributed by atoms with van der Waals surface area (Å²) in [7, 11) is 0. The summed E-state index contributed by atoms with van der Waals surface area (Å²) in [6.07, 6.45) is -1.10. The smallest absolute Gasteiger partial charge is 0.418 e. The van der Waals surface area contributed by atoms with Crippen LogP contribution in [0.25, 0.3) is 16.6 Å². The number of hydrogen-bond donors (Lipinski definition) is 1. The number of pyridine rings is 1. The van der Waals surface area contributed by atoms with Crippen LogP contribution in [0.3, 0.4) is 0 Å². The molecule has 11 heteroatoms. The monoisotopic (exact) mass is 452 g/mol. The van der Waals surface area contributed by atoms with E-state index < -0.39 is 23.7 Å². The highest BCUT2D eigenvalue weighted by Crippen LogP contribution is 2.37.